The van der Waals surface area contributed by atoms with Crippen LogP contribution in [0, 0.1) is 11.8 Å². The molecule has 122 valence electrons. The largest absolute Gasteiger partial charge is 0.466 e. The van der Waals surface area contributed by atoms with Gasteiger partial charge in [0.05, 0.1) is 18.6 Å². The summed E-state index contributed by atoms with van der Waals surface area (Å²) < 4.78 is 5.10. The fourth-order valence-corrected chi connectivity index (χ4v) is 2.70. The minimum atomic E-state index is -0.227. The highest BCUT2D eigenvalue weighted by atomic mass is 16.5. The summed E-state index contributed by atoms with van der Waals surface area (Å²) in [7, 11) is 0. The summed E-state index contributed by atoms with van der Waals surface area (Å²) in [4.78, 5) is 23.8. The number of rotatable bonds is 7. The van der Waals surface area contributed by atoms with Crippen LogP contribution in [0.4, 0.5) is 0 Å². The maximum Gasteiger partial charge on any atom is 0.308 e. The molecular weight excluding hydrogens is 268 g/mol. The Balaban J connectivity index is 2.39. The van der Waals surface area contributed by atoms with Crippen LogP contribution in [0.2, 0.25) is 0 Å². The molecule has 1 saturated carbocycles. The molecule has 0 spiro atoms. The van der Waals surface area contributed by atoms with E-state index in [9.17, 15) is 9.59 Å². The smallest absolute Gasteiger partial charge is 0.308 e. The molecule has 0 radical (unpaired) electrons. The van der Waals surface area contributed by atoms with E-state index in [0.29, 0.717) is 19.1 Å². The van der Waals surface area contributed by atoms with Crippen molar-refractivity contribution in [2.24, 2.45) is 11.8 Å². The molecule has 0 aromatic rings. The van der Waals surface area contributed by atoms with Gasteiger partial charge in [-0.2, -0.15) is 0 Å². The first-order valence-corrected chi connectivity index (χ1v) is 8.14. The second-order valence-electron chi connectivity index (χ2n) is 6.34. The first-order chi connectivity index (χ1) is 9.93. The van der Waals surface area contributed by atoms with Gasteiger partial charge in [-0.1, -0.05) is 20.3 Å². The van der Waals surface area contributed by atoms with E-state index in [-0.39, 0.29) is 29.9 Å². The Morgan fingerprint density at radius 3 is 2.57 bits per heavy atom. The van der Waals surface area contributed by atoms with Crippen molar-refractivity contribution in [1.29, 1.82) is 0 Å². The molecule has 5 heteroatoms. The van der Waals surface area contributed by atoms with Crippen molar-refractivity contribution in [2.75, 3.05) is 13.2 Å². The molecule has 0 aromatic heterocycles. The van der Waals surface area contributed by atoms with Crippen LogP contribution < -0.4 is 10.6 Å². The van der Waals surface area contributed by atoms with Crippen LogP contribution in [0.1, 0.15) is 53.4 Å². The quantitative estimate of drug-likeness (QED) is 0.704. The molecule has 0 heterocycles. The highest BCUT2D eigenvalue weighted by Gasteiger charge is 2.29. The summed E-state index contributed by atoms with van der Waals surface area (Å²) in [5.74, 6) is 0.356. The third-order valence-electron chi connectivity index (χ3n) is 3.86. The van der Waals surface area contributed by atoms with Gasteiger partial charge in [0.15, 0.2) is 0 Å². The lowest BCUT2D eigenvalue weighted by Gasteiger charge is -2.30. The van der Waals surface area contributed by atoms with Gasteiger partial charge in [0.25, 0.3) is 0 Å². The third kappa shape index (κ3) is 6.46. The Kier molecular flexibility index (Phi) is 7.72. The SMILES string of the molecule is CCOC(=O)C1CCCC(NC(C)C(=O)NCC(C)C)C1. The number of amides is 1. The Bertz CT molecular complexity index is 344. The zero-order valence-electron chi connectivity index (χ0n) is 13.8. The van der Waals surface area contributed by atoms with E-state index in [1.807, 2.05) is 13.8 Å². The van der Waals surface area contributed by atoms with Crippen molar-refractivity contribution in [3.63, 3.8) is 0 Å². The van der Waals surface area contributed by atoms with Crippen molar-refractivity contribution >= 4 is 11.9 Å². The maximum absolute atomic E-state index is 12.0. The molecule has 3 unspecified atom stereocenters. The van der Waals surface area contributed by atoms with Gasteiger partial charge in [0.1, 0.15) is 0 Å². The predicted octanol–water partition coefficient (Wildman–Crippen LogP) is 1.86. The number of nitrogens with one attached hydrogen (secondary N) is 2. The lowest BCUT2D eigenvalue weighted by atomic mass is 9.85. The molecule has 0 aliphatic heterocycles. The minimum Gasteiger partial charge on any atom is -0.466 e. The predicted molar refractivity (Wildman–Crippen MR) is 82.8 cm³/mol. The second-order valence-corrected chi connectivity index (χ2v) is 6.34. The summed E-state index contributed by atoms with van der Waals surface area (Å²) in [6.07, 6.45) is 3.67. The van der Waals surface area contributed by atoms with Gasteiger partial charge in [0.2, 0.25) is 5.91 Å². The van der Waals surface area contributed by atoms with Crippen LogP contribution in [0.5, 0.6) is 0 Å². The molecule has 2 N–H and O–H groups in total. The van der Waals surface area contributed by atoms with Crippen LogP contribution in [-0.4, -0.2) is 37.1 Å². The third-order valence-corrected chi connectivity index (χ3v) is 3.86. The molecule has 1 aliphatic rings. The van der Waals surface area contributed by atoms with Gasteiger partial charge in [0, 0.05) is 12.6 Å². The number of hydrogen-bond donors (Lipinski definition) is 2. The Morgan fingerprint density at radius 1 is 1.24 bits per heavy atom. The van der Waals surface area contributed by atoms with Crippen LogP contribution in [0.15, 0.2) is 0 Å². The van der Waals surface area contributed by atoms with Gasteiger partial charge in [-0.3, -0.25) is 9.59 Å². The zero-order chi connectivity index (χ0) is 15.8. The van der Waals surface area contributed by atoms with E-state index >= 15 is 0 Å². The maximum atomic E-state index is 12.0. The summed E-state index contributed by atoms with van der Waals surface area (Å²) in [6, 6.07) is -0.0114. The summed E-state index contributed by atoms with van der Waals surface area (Å²) in [6.45, 7) is 8.98. The number of carbonyl (C=O) groups excluding carboxylic acids is 2. The lowest BCUT2D eigenvalue weighted by molar-refractivity contribution is -0.149. The van der Waals surface area contributed by atoms with E-state index in [0.717, 1.165) is 25.7 Å². The molecular formula is C16H30N2O3. The topological polar surface area (TPSA) is 67.4 Å². The lowest BCUT2D eigenvalue weighted by Crippen LogP contribution is -2.49. The molecule has 1 rings (SSSR count). The molecule has 21 heavy (non-hydrogen) atoms. The molecule has 1 fully saturated rings. The molecule has 0 bridgehead atoms. The van der Waals surface area contributed by atoms with Crippen LogP contribution in [-0.2, 0) is 14.3 Å². The van der Waals surface area contributed by atoms with Crippen molar-refractivity contribution in [3.8, 4) is 0 Å². The van der Waals surface area contributed by atoms with Crippen molar-refractivity contribution in [3.05, 3.63) is 0 Å². The van der Waals surface area contributed by atoms with Crippen LogP contribution in [0.25, 0.3) is 0 Å². The summed E-state index contributed by atoms with van der Waals surface area (Å²) >= 11 is 0. The molecule has 5 nitrogen and oxygen atoms in total. The first-order valence-electron chi connectivity index (χ1n) is 8.14. The number of ether oxygens (including phenoxy) is 1. The average molecular weight is 298 g/mol. The van der Waals surface area contributed by atoms with E-state index in [1.54, 1.807) is 0 Å². The first kappa shape index (κ1) is 18.0. The van der Waals surface area contributed by atoms with Crippen molar-refractivity contribution < 1.29 is 14.3 Å². The summed E-state index contributed by atoms with van der Waals surface area (Å²) in [5, 5.41) is 6.28. The summed E-state index contributed by atoms with van der Waals surface area (Å²) in [5.41, 5.74) is 0. The molecule has 1 aliphatic carbocycles. The highest BCUT2D eigenvalue weighted by molar-refractivity contribution is 5.81. The van der Waals surface area contributed by atoms with Gasteiger partial charge in [-0.25, -0.2) is 0 Å². The molecule has 3 atom stereocenters. The average Bonchev–Trinajstić information content (AvgIpc) is 2.45. The monoisotopic (exact) mass is 298 g/mol. The van der Waals surface area contributed by atoms with Gasteiger partial charge >= 0.3 is 5.97 Å². The van der Waals surface area contributed by atoms with Gasteiger partial charge < -0.3 is 15.4 Å². The van der Waals surface area contributed by atoms with E-state index in [1.165, 1.54) is 0 Å². The number of carbonyl (C=O) groups is 2. The fraction of sp³-hybridized carbons (Fsp3) is 0.875. The molecule has 0 saturated heterocycles. The minimum absolute atomic E-state index is 0.0258. The van der Waals surface area contributed by atoms with Crippen LogP contribution in [0.3, 0.4) is 0 Å². The van der Waals surface area contributed by atoms with E-state index in [4.69, 9.17) is 4.74 Å². The molecule has 0 aromatic carbocycles. The second kappa shape index (κ2) is 9.03. The Labute approximate surface area is 128 Å². The highest BCUT2D eigenvalue weighted by Crippen LogP contribution is 2.25. The van der Waals surface area contributed by atoms with Crippen molar-refractivity contribution in [1.82, 2.24) is 10.6 Å². The Morgan fingerprint density at radius 2 is 1.95 bits per heavy atom. The van der Waals surface area contributed by atoms with E-state index in [2.05, 4.69) is 24.5 Å². The van der Waals surface area contributed by atoms with Gasteiger partial charge in [-0.15, -0.1) is 0 Å². The molecule has 1 amide bonds. The van der Waals surface area contributed by atoms with Crippen molar-refractivity contribution in [2.45, 2.75) is 65.5 Å². The van der Waals surface area contributed by atoms with Gasteiger partial charge in [-0.05, 0) is 39.0 Å². The fourth-order valence-electron chi connectivity index (χ4n) is 2.70. The number of hydrogen-bond acceptors (Lipinski definition) is 4. The van der Waals surface area contributed by atoms with Crippen LogP contribution >= 0.6 is 0 Å². The Hall–Kier alpha value is -1.10. The number of esters is 1. The standard InChI is InChI=1S/C16H30N2O3/c1-5-21-16(20)13-7-6-8-14(9-13)18-12(4)15(19)17-10-11(2)3/h11-14,18H,5-10H2,1-4H3,(H,17,19). The zero-order valence-corrected chi connectivity index (χ0v) is 13.8. The van der Waals surface area contributed by atoms with E-state index < -0.39 is 0 Å². The normalized spacial score (nSPS) is 23.7.